The number of hydrogen-bond donors (Lipinski definition) is 4. The monoisotopic (exact) mass is 494 g/mol. The summed E-state index contributed by atoms with van der Waals surface area (Å²) in [5, 5.41) is 11.0. The predicted molar refractivity (Wildman–Crippen MR) is 135 cm³/mol. The molecule has 2 atom stereocenters. The Hall–Kier alpha value is -3.88. The smallest absolute Gasteiger partial charge is 0.255 e. The zero-order chi connectivity index (χ0) is 26.1. The molecule has 1 aliphatic rings. The molecule has 0 aromatic heterocycles. The number of nitrogens with one attached hydrogen (secondary N) is 4. The molecule has 1 heterocycles. The second-order valence-corrected chi connectivity index (χ2v) is 9.26. The SMILES string of the molecule is Cc1ccccc1CNC(=O)[C@@H]1CC(=O)N[C@@H](CC(C)C)C(=O)NCCOc2ccccc2C(=O)N1. The predicted octanol–water partition coefficient (Wildman–Crippen LogP) is 1.84. The van der Waals surface area contributed by atoms with Gasteiger partial charge in [0.1, 0.15) is 24.4 Å². The van der Waals surface area contributed by atoms with E-state index in [4.69, 9.17) is 4.74 Å². The molecule has 0 radical (unpaired) electrons. The number of carbonyl (C=O) groups excluding carboxylic acids is 4. The van der Waals surface area contributed by atoms with Gasteiger partial charge in [-0.15, -0.1) is 0 Å². The number of amides is 4. The molecule has 0 spiro atoms. The van der Waals surface area contributed by atoms with E-state index < -0.39 is 29.8 Å². The lowest BCUT2D eigenvalue weighted by Crippen LogP contribution is -2.52. The molecular formula is C27H34N4O5. The van der Waals surface area contributed by atoms with E-state index in [2.05, 4.69) is 21.3 Å². The van der Waals surface area contributed by atoms with E-state index in [0.29, 0.717) is 12.2 Å². The van der Waals surface area contributed by atoms with Crippen LogP contribution < -0.4 is 26.0 Å². The first-order valence-corrected chi connectivity index (χ1v) is 12.2. The highest BCUT2D eigenvalue weighted by Gasteiger charge is 2.29. The quantitative estimate of drug-likeness (QED) is 0.505. The largest absolute Gasteiger partial charge is 0.491 e. The van der Waals surface area contributed by atoms with Crippen LogP contribution in [0.1, 0.15) is 48.2 Å². The standard InChI is InChI=1S/C27H34N4O5/c1-17(2)14-21-26(34)28-12-13-36-23-11-7-6-10-20(23)25(33)31-22(15-24(32)30-21)27(35)29-16-19-9-5-4-8-18(19)3/h4-11,17,21-22H,12-16H2,1-3H3,(H,28,34)(H,29,35)(H,30,32)(H,31,33)/t21-,22-/m0/s1. The first kappa shape index (κ1) is 26.7. The fourth-order valence-corrected chi connectivity index (χ4v) is 3.94. The molecule has 1 aliphatic heterocycles. The molecule has 0 unspecified atom stereocenters. The molecule has 0 saturated heterocycles. The summed E-state index contributed by atoms with van der Waals surface area (Å²) in [6, 6.07) is 12.3. The van der Waals surface area contributed by atoms with Crippen LogP contribution in [0.3, 0.4) is 0 Å². The van der Waals surface area contributed by atoms with E-state index in [1.165, 1.54) is 0 Å². The Morgan fingerprint density at radius 2 is 1.78 bits per heavy atom. The minimum atomic E-state index is -1.15. The molecule has 0 aliphatic carbocycles. The Labute approximate surface area is 211 Å². The van der Waals surface area contributed by atoms with E-state index in [0.717, 1.165) is 11.1 Å². The van der Waals surface area contributed by atoms with Crippen LogP contribution in [0, 0.1) is 12.8 Å². The van der Waals surface area contributed by atoms with Gasteiger partial charge in [0, 0.05) is 6.54 Å². The summed E-state index contributed by atoms with van der Waals surface area (Å²) < 4.78 is 5.74. The van der Waals surface area contributed by atoms with E-state index in [1.807, 2.05) is 45.0 Å². The number of para-hydroxylation sites is 1. The third-order valence-corrected chi connectivity index (χ3v) is 5.88. The molecule has 0 bridgehead atoms. The van der Waals surface area contributed by atoms with Gasteiger partial charge < -0.3 is 26.0 Å². The molecular weight excluding hydrogens is 460 g/mol. The van der Waals surface area contributed by atoms with E-state index in [9.17, 15) is 19.2 Å². The van der Waals surface area contributed by atoms with Crippen molar-refractivity contribution < 1.29 is 23.9 Å². The third kappa shape index (κ3) is 7.56. The Morgan fingerprint density at radius 3 is 2.53 bits per heavy atom. The molecule has 2 aromatic rings. The van der Waals surface area contributed by atoms with Crippen molar-refractivity contribution in [2.45, 2.75) is 52.2 Å². The van der Waals surface area contributed by atoms with Crippen LogP contribution in [0.25, 0.3) is 0 Å². The van der Waals surface area contributed by atoms with E-state index >= 15 is 0 Å². The van der Waals surface area contributed by atoms with Gasteiger partial charge in [0.25, 0.3) is 5.91 Å². The average molecular weight is 495 g/mol. The van der Waals surface area contributed by atoms with Gasteiger partial charge in [-0.25, -0.2) is 0 Å². The highest BCUT2D eigenvalue weighted by Crippen LogP contribution is 2.18. The Kier molecular flexibility index (Phi) is 9.44. The molecule has 4 N–H and O–H groups in total. The second kappa shape index (κ2) is 12.7. The summed E-state index contributed by atoms with van der Waals surface area (Å²) in [6.45, 7) is 6.44. The number of aryl methyl sites for hydroxylation is 1. The lowest BCUT2D eigenvalue weighted by Gasteiger charge is -2.24. The molecule has 9 heteroatoms. The van der Waals surface area contributed by atoms with Gasteiger partial charge in [-0.1, -0.05) is 50.2 Å². The molecule has 2 aromatic carbocycles. The highest BCUT2D eigenvalue weighted by molar-refractivity contribution is 6.01. The van der Waals surface area contributed by atoms with Gasteiger partial charge in [-0.2, -0.15) is 0 Å². The zero-order valence-electron chi connectivity index (χ0n) is 20.9. The van der Waals surface area contributed by atoms with E-state index in [1.54, 1.807) is 24.3 Å². The molecule has 0 fully saturated rings. The lowest BCUT2D eigenvalue weighted by molar-refractivity contribution is -0.131. The topological polar surface area (TPSA) is 126 Å². The fraction of sp³-hybridized carbons (Fsp3) is 0.407. The Balaban J connectivity index is 1.85. The Morgan fingerprint density at radius 1 is 1.06 bits per heavy atom. The van der Waals surface area contributed by atoms with Gasteiger partial charge >= 0.3 is 0 Å². The number of rotatable bonds is 5. The minimum absolute atomic E-state index is 0.138. The summed E-state index contributed by atoms with van der Waals surface area (Å²) in [4.78, 5) is 51.9. The minimum Gasteiger partial charge on any atom is -0.491 e. The summed E-state index contributed by atoms with van der Waals surface area (Å²) in [5.41, 5.74) is 2.17. The van der Waals surface area contributed by atoms with Crippen molar-refractivity contribution in [2.24, 2.45) is 5.92 Å². The van der Waals surface area contributed by atoms with Crippen molar-refractivity contribution in [3.8, 4) is 5.75 Å². The molecule has 3 rings (SSSR count). The van der Waals surface area contributed by atoms with Crippen LogP contribution in [0.4, 0.5) is 0 Å². The van der Waals surface area contributed by atoms with Gasteiger partial charge in [0.05, 0.1) is 18.5 Å². The second-order valence-electron chi connectivity index (χ2n) is 9.26. The highest BCUT2D eigenvalue weighted by atomic mass is 16.5. The molecule has 0 saturated carbocycles. The van der Waals surface area contributed by atoms with Crippen molar-refractivity contribution in [1.82, 2.24) is 21.3 Å². The third-order valence-electron chi connectivity index (χ3n) is 5.88. The fourth-order valence-electron chi connectivity index (χ4n) is 3.94. The van der Waals surface area contributed by atoms with Crippen LogP contribution in [0.5, 0.6) is 5.75 Å². The summed E-state index contributed by atoms with van der Waals surface area (Å²) in [5.74, 6) is -1.39. The number of carbonyl (C=O) groups is 4. The van der Waals surface area contributed by atoms with Crippen molar-refractivity contribution in [3.05, 3.63) is 65.2 Å². The summed E-state index contributed by atoms with van der Waals surface area (Å²) >= 11 is 0. The van der Waals surface area contributed by atoms with Crippen molar-refractivity contribution in [1.29, 1.82) is 0 Å². The van der Waals surface area contributed by atoms with Gasteiger partial charge in [0.2, 0.25) is 17.7 Å². The first-order valence-electron chi connectivity index (χ1n) is 12.2. The average Bonchev–Trinajstić information content (AvgIpc) is 2.84. The van der Waals surface area contributed by atoms with Crippen molar-refractivity contribution in [2.75, 3.05) is 13.2 Å². The van der Waals surface area contributed by atoms with Crippen LogP contribution in [-0.4, -0.2) is 48.9 Å². The lowest BCUT2D eigenvalue weighted by atomic mass is 10.0. The normalized spacial score (nSPS) is 19.2. The molecule has 4 amide bonds. The maximum atomic E-state index is 13.1. The summed E-state index contributed by atoms with van der Waals surface area (Å²) in [7, 11) is 0. The van der Waals surface area contributed by atoms with E-state index in [-0.39, 0.29) is 43.5 Å². The van der Waals surface area contributed by atoms with Crippen LogP contribution in [-0.2, 0) is 20.9 Å². The van der Waals surface area contributed by atoms with Gasteiger partial charge in [-0.3, -0.25) is 19.2 Å². The van der Waals surface area contributed by atoms with Gasteiger partial charge in [0.15, 0.2) is 0 Å². The number of ether oxygens (including phenoxy) is 1. The number of benzene rings is 2. The molecule has 192 valence electrons. The van der Waals surface area contributed by atoms with Crippen molar-refractivity contribution >= 4 is 23.6 Å². The number of hydrogen-bond acceptors (Lipinski definition) is 5. The number of fused-ring (bicyclic) bond motifs is 1. The van der Waals surface area contributed by atoms with Crippen molar-refractivity contribution in [3.63, 3.8) is 0 Å². The maximum absolute atomic E-state index is 13.1. The van der Waals surface area contributed by atoms with Crippen LogP contribution in [0.2, 0.25) is 0 Å². The Bertz CT molecular complexity index is 1100. The first-order chi connectivity index (χ1) is 17.2. The molecule has 9 nitrogen and oxygen atoms in total. The van der Waals surface area contributed by atoms with Gasteiger partial charge in [-0.05, 0) is 42.5 Å². The van der Waals surface area contributed by atoms with Crippen LogP contribution in [0.15, 0.2) is 48.5 Å². The zero-order valence-corrected chi connectivity index (χ0v) is 20.9. The summed E-state index contributed by atoms with van der Waals surface area (Å²) in [6.07, 6.45) is 0.105. The maximum Gasteiger partial charge on any atom is 0.255 e. The molecule has 36 heavy (non-hydrogen) atoms. The van der Waals surface area contributed by atoms with Crippen LogP contribution >= 0.6 is 0 Å².